The minimum absolute atomic E-state index is 0.0131. The van der Waals surface area contributed by atoms with Crippen molar-refractivity contribution in [3.05, 3.63) is 71.3 Å². The van der Waals surface area contributed by atoms with Crippen molar-refractivity contribution in [2.75, 3.05) is 25.1 Å². The molecule has 0 unspecified atom stereocenters. The number of piperidine rings is 1. The highest BCUT2D eigenvalue weighted by atomic mass is 32.1. The fourth-order valence-corrected chi connectivity index (χ4v) is 4.42. The predicted molar refractivity (Wildman–Crippen MR) is 119 cm³/mol. The number of amides is 1. The van der Waals surface area contributed by atoms with Crippen LogP contribution in [0.5, 0.6) is 5.75 Å². The number of hydrogen-bond donors (Lipinski definition) is 1. The van der Waals surface area contributed by atoms with E-state index in [1.165, 1.54) is 23.7 Å². The molecule has 2 heterocycles. The van der Waals surface area contributed by atoms with Crippen LogP contribution in [0.25, 0.3) is 0 Å². The number of carbonyl (C=O) groups is 1. The maximum atomic E-state index is 13.0. The van der Waals surface area contributed by atoms with Gasteiger partial charge in [0.25, 0.3) is 0 Å². The van der Waals surface area contributed by atoms with Crippen LogP contribution in [0.15, 0.2) is 48.5 Å². The fraction of sp³-hybridized carbons (Fsp3) is 0.348. The minimum Gasteiger partial charge on any atom is -0.497 e. The average Bonchev–Trinajstić information content (AvgIpc) is 3.27. The average molecular weight is 441 g/mol. The largest absolute Gasteiger partial charge is 0.497 e. The zero-order chi connectivity index (χ0) is 21.6. The predicted octanol–water partition coefficient (Wildman–Crippen LogP) is 3.81. The van der Waals surface area contributed by atoms with Gasteiger partial charge in [0.2, 0.25) is 11.0 Å². The number of halogens is 1. The molecular formula is C23H25FN4O2S. The number of ether oxygens (including phenoxy) is 1. The van der Waals surface area contributed by atoms with Crippen molar-refractivity contribution in [1.82, 2.24) is 14.7 Å². The second-order valence-electron chi connectivity index (χ2n) is 7.63. The molecule has 0 radical (unpaired) electrons. The van der Waals surface area contributed by atoms with E-state index < -0.39 is 0 Å². The number of nitrogens with one attached hydrogen (secondary N) is 1. The molecule has 1 saturated heterocycles. The Bertz CT molecular complexity index is 1020. The molecule has 6 nitrogen and oxygen atoms in total. The lowest BCUT2D eigenvalue weighted by Gasteiger charge is -2.30. The highest BCUT2D eigenvalue weighted by Gasteiger charge is 2.26. The van der Waals surface area contributed by atoms with Crippen molar-refractivity contribution in [2.45, 2.75) is 25.8 Å². The van der Waals surface area contributed by atoms with E-state index in [0.717, 1.165) is 53.8 Å². The Morgan fingerprint density at radius 2 is 1.97 bits per heavy atom. The summed E-state index contributed by atoms with van der Waals surface area (Å²) in [4.78, 5) is 19.4. The molecule has 0 bridgehead atoms. The van der Waals surface area contributed by atoms with Gasteiger partial charge in [0, 0.05) is 43.5 Å². The first kappa shape index (κ1) is 21.2. The first-order chi connectivity index (χ1) is 15.1. The zero-order valence-corrected chi connectivity index (χ0v) is 18.2. The summed E-state index contributed by atoms with van der Waals surface area (Å²) in [6.45, 7) is 1.98. The van der Waals surface area contributed by atoms with Crippen LogP contribution in [0, 0.1) is 11.7 Å². The summed E-state index contributed by atoms with van der Waals surface area (Å²) in [6, 6.07) is 14.1. The second kappa shape index (κ2) is 9.87. The molecule has 1 aliphatic heterocycles. The Morgan fingerprint density at radius 3 is 2.71 bits per heavy atom. The second-order valence-corrected chi connectivity index (χ2v) is 8.36. The Hall–Kier alpha value is -3.00. The standard InChI is InChI=1S/C23H25FN4O2S/c1-30-20-4-2-3-17(13-20)14-21-26-23(31-27-21)28-11-9-18(10-12-28)22(29)25-15-16-5-7-19(24)8-6-16/h2-8,13,18H,9-12,14-15H2,1H3,(H,25,29). The molecule has 2 aromatic carbocycles. The van der Waals surface area contributed by atoms with Crippen molar-refractivity contribution in [1.29, 1.82) is 0 Å². The van der Waals surface area contributed by atoms with E-state index in [2.05, 4.69) is 14.6 Å². The molecule has 1 aromatic heterocycles. The third kappa shape index (κ3) is 5.58. The topological polar surface area (TPSA) is 67.3 Å². The van der Waals surface area contributed by atoms with E-state index in [1.807, 2.05) is 24.3 Å². The molecule has 0 saturated carbocycles. The lowest BCUT2D eigenvalue weighted by atomic mass is 9.96. The van der Waals surface area contributed by atoms with Gasteiger partial charge in [-0.2, -0.15) is 4.37 Å². The Morgan fingerprint density at radius 1 is 1.19 bits per heavy atom. The van der Waals surface area contributed by atoms with Gasteiger partial charge in [-0.25, -0.2) is 9.37 Å². The van der Waals surface area contributed by atoms with Crippen molar-refractivity contribution >= 4 is 22.6 Å². The molecule has 1 aliphatic rings. The van der Waals surface area contributed by atoms with Gasteiger partial charge >= 0.3 is 0 Å². The van der Waals surface area contributed by atoms with Gasteiger partial charge in [-0.1, -0.05) is 24.3 Å². The number of carbonyl (C=O) groups excluding carboxylic acids is 1. The lowest BCUT2D eigenvalue weighted by Crippen LogP contribution is -2.40. The SMILES string of the molecule is COc1cccc(Cc2nsc(N3CCC(C(=O)NCc4ccc(F)cc4)CC3)n2)c1. The van der Waals surface area contributed by atoms with Crippen LogP contribution in [-0.2, 0) is 17.8 Å². The molecule has 0 aliphatic carbocycles. The third-order valence-corrected chi connectivity index (χ3v) is 6.28. The molecule has 0 atom stereocenters. The highest BCUT2D eigenvalue weighted by Crippen LogP contribution is 2.26. The summed E-state index contributed by atoms with van der Waals surface area (Å²) in [5.41, 5.74) is 2.00. The molecule has 1 N–H and O–H groups in total. The maximum absolute atomic E-state index is 13.0. The number of rotatable bonds is 7. The van der Waals surface area contributed by atoms with Gasteiger partial charge in [0.1, 0.15) is 17.4 Å². The monoisotopic (exact) mass is 440 g/mol. The van der Waals surface area contributed by atoms with Gasteiger partial charge in [-0.05, 0) is 48.2 Å². The summed E-state index contributed by atoms with van der Waals surface area (Å²) < 4.78 is 22.8. The number of aromatic nitrogens is 2. The van der Waals surface area contributed by atoms with Crippen LogP contribution < -0.4 is 15.0 Å². The van der Waals surface area contributed by atoms with Gasteiger partial charge in [-0.15, -0.1) is 0 Å². The summed E-state index contributed by atoms with van der Waals surface area (Å²) >= 11 is 1.41. The van der Waals surface area contributed by atoms with Crippen molar-refractivity contribution in [3.8, 4) is 5.75 Å². The van der Waals surface area contributed by atoms with E-state index in [4.69, 9.17) is 9.72 Å². The van der Waals surface area contributed by atoms with Gasteiger partial charge in [0.05, 0.1) is 7.11 Å². The lowest BCUT2D eigenvalue weighted by molar-refractivity contribution is -0.125. The molecule has 162 valence electrons. The van der Waals surface area contributed by atoms with Crippen molar-refractivity contribution in [2.24, 2.45) is 5.92 Å². The molecule has 8 heteroatoms. The number of methoxy groups -OCH3 is 1. The normalized spacial score (nSPS) is 14.5. The Labute approximate surface area is 185 Å². The molecule has 31 heavy (non-hydrogen) atoms. The van der Waals surface area contributed by atoms with Crippen LogP contribution in [0.3, 0.4) is 0 Å². The van der Waals surface area contributed by atoms with Crippen LogP contribution in [-0.4, -0.2) is 35.5 Å². The van der Waals surface area contributed by atoms with Gasteiger partial charge in [-0.3, -0.25) is 4.79 Å². The molecule has 4 rings (SSSR count). The first-order valence-corrected chi connectivity index (χ1v) is 11.1. The molecular weight excluding hydrogens is 415 g/mol. The number of anilines is 1. The zero-order valence-electron chi connectivity index (χ0n) is 17.4. The van der Waals surface area contributed by atoms with E-state index in [9.17, 15) is 9.18 Å². The quantitative estimate of drug-likeness (QED) is 0.605. The summed E-state index contributed by atoms with van der Waals surface area (Å²) in [7, 11) is 1.66. The smallest absolute Gasteiger partial charge is 0.223 e. The van der Waals surface area contributed by atoms with Crippen LogP contribution >= 0.6 is 11.5 Å². The van der Waals surface area contributed by atoms with Gasteiger partial charge < -0.3 is 15.0 Å². The number of nitrogens with zero attached hydrogens (tertiary/aromatic N) is 3. The molecule has 1 amide bonds. The number of hydrogen-bond acceptors (Lipinski definition) is 6. The van der Waals surface area contributed by atoms with E-state index in [0.29, 0.717) is 13.0 Å². The van der Waals surface area contributed by atoms with Crippen LogP contribution in [0.1, 0.15) is 29.8 Å². The highest BCUT2D eigenvalue weighted by molar-refractivity contribution is 7.09. The fourth-order valence-electron chi connectivity index (χ4n) is 3.68. The van der Waals surface area contributed by atoms with Crippen LogP contribution in [0.2, 0.25) is 0 Å². The van der Waals surface area contributed by atoms with Gasteiger partial charge in [0.15, 0.2) is 0 Å². The van der Waals surface area contributed by atoms with E-state index in [-0.39, 0.29) is 17.6 Å². The minimum atomic E-state index is -0.272. The van der Waals surface area contributed by atoms with Crippen molar-refractivity contribution < 1.29 is 13.9 Å². The first-order valence-electron chi connectivity index (χ1n) is 10.3. The van der Waals surface area contributed by atoms with Crippen LogP contribution in [0.4, 0.5) is 9.52 Å². The Balaban J connectivity index is 1.26. The van der Waals surface area contributed by atoms with E-state index in [1.54, 1.807) is 19.2 Å². The summed E-state index contributed by atoms with van der Waals surface area (Å²) in [5.74, 6) is 1.40. The molecule has 3 aromatic rings. The molecule has 1 fully saturated rings. The Kier molecular flexibility index (Phi) is 6.76. The number of benzene rings is 2. The molecule has 0 spiro atoms. The van der Waals surface area contributed by atoms with E-state index >= 15 is 0 Å². The summed E-state index contributed by atoms with van der Waals surface area (Å²) in [5, 5.41) is 3.87. The summed E-state index contributed by atoms with van der Waals surface area (Å²) in [6.07, 6.45) is 2.22. The van der Waals surface area contributed by atoms with Crippen molar-refractivity contribution in [3.63, 3.8) is 0 Å². The third-order valence-electron chi connectivity index (χ3n) is 5.47. The maximum Gasteiger partial charge on any atom is 0.223 e.